The number of hydrogen-bond acceptors (Lipinski definition) is 2. The van der Waals surface area contributed by atoms with Gasteiger partial charge < -0.3 is 10.1 Å². The highest BCUT2D eigenvalue weighted by atomic mass is 19.1. The minimum atomic E-state index is -0.305. The second-order valence-electron chi connectivity index (χ2n) is 6.39. The zero-order valence-corrected chi connectivity index (χ0v) is 13.5. The average Bonchev–Trinajstić information content (AvgIpc) is 2.78. The number of carbonyl (C=O) groups excluding carboxylic acids is 1. The third kappa shape index (κ3) is 4.22. The van der Waals surface area contributed by atoms with Gasteiger partial charge >= 0.3 is 6.03 Å². The van der Waals surface area contributed by atoms with E-state index in [4.69, 9.17) is 4.74 Å². The number of halogens is 1. The largest absolute Gasteiger partial charge is 0.376 e. The molecular weight excluding hydrogens is 295 g/mol. The van der Waals surface area contributed by atoms with Crippen molar-refractivity contribution in [3.8, 4) is 0 Å². The summed E-state index contributed by atoms with van der Waals surface area (Å²) in [6.45, 7) is 1.64. The summed E-state index contributed by atoms with van der Waals surface area (Å²) in [6.07, 6.45) is 8.49. The Morgan fingerprint density at radius 1 is 1.26 bits per heavy atom. The van der Waals surface area contributed by atoms with Crippen LogP contribution in [0.4, 0.5) is 14.9 Å². The van der Waals surface area contributed by atoms with Gasteiger partial charge in [-0.05, 0) is 37.0 Å². The van der Waals surface area contributed by atoms with Gasteiger partial charge in [-0.2, -0.15) is 0 Å². The first-order valence-corrected chi connectivity index (χ1v) is 8.69. The highest BCUT2D eigenvalue weighted by Gasteiger charge is 2.24. The molecule has 1 heterocycles. The molecule has 3 rings (SSSR count). The summed E-state index contributed by atoms with van der Waals surface area (Å²) in [5.41, 5.74) is 1.71. The Bertz CT molecular complexity index is 542. The molecule has 4 nitrogen and oxygen atoms in total. The maximum absolute atomic E-state index is 13.4. The van der Waals surface area contributed by atoms with Gasteiger partial charge in [0.15, 0.2) is 0 Å². The Morgan fingerprint density at radius 2 is 2.04 bits per heavy atom. The lowest BCUT2D eigenvalue weighted by atomic mass is 10.1. The number of amides is 2. The van der Waals surface area contributed by atoms with Crippen LogP contribution in [0.1, 0.15) is 44.1 Å². The summed E-state index contributed by atoms with van der Waals surface area (Å²) in [5, 5.41) is 2.88. The van der Waals surface area contributed by atoms with Crippen LogP contribution in [0.3, 0.4) is 0 Å². The molecule has 0 aromatic heterocycles. The quantitative estimate of drug-likeness (QED) is 0.680. The lowest BCUT2D eigenvalue weighted by molar-refractivity contribution is 0.0461. The SMILES string of the molecule is O=C(NCCOC1CCCCCC1)N1CCc2ccc(F)cc21. The summed E-state index contributed by atoms with van der Waals surface area (Å²) in [7, 11) is 0. The average molecular weight is 320 g/mol. The van der Waals surface area contributed by atoms with E-state index >= 15 is 0 Å². The second kappa shape index (κ2) is 7.77. The number of benzene rings is 1. The van der Waals surface area contributed by atoms with Crippen molar-refractivity contribution in [1.82, 2.24) is 5.32 Å². The monoisotopic (exact) mass is 320 g/mol. The zero-order chi connectivity index (χ0) is 16.1. The molecule has 1 aliphatic heterocycles. The summed E-state index contributed by atoms with van der Waals surface area (Å²) >= 11 is 0. The maximum Gasteiger partial charge on any atom is 0.321 e. The normalized spacial score (nSPS) is 18.6. The van der Waals surface area contributed by atoms with Crippen LogP contribution in [-0.2, 0) is 11.2 Å². The highest BCUT2D eigenvalue weighted by molar-refractivity contribution is 5.94. The van der Waals surface area contributed by atoms with Gasteiger partial charge in [0.1, 0.15) is 5.82 Å². The van der Waals surface area contributed by atoms with Gasteiger partial charge in [-0.1, -0.05) is 31.7 Å². The number of rotatable bonds is 4. The Morgan fingerprint density at radius 3 is 2.83 bits per heavy atom. The van der Waals surface area contributed by atoms with Gasteiger partial charge in [-0.3, -0.25) is 4.90 Å². The van der Waals surface area contributed by atoms with Crippen LogP contribution in [-0.4, -0.2) is 31.8 Å². The standard InChI is InChI=1S/C18H25FN2O2/c19-15-8-7-14-9-11-21(17(14)13-15)18(22)20-10-12-23-16-5-3-1-2-4-6-16/h7-8,13,16H,1-6,9-12H2,(H,20,22). The van der Waals surface area contributed by atoms with Crippen molar-refractivity contribution in [3.05, 3.63) is 29.6 Å². The molecular formula is C18H25FN2O2. The molecule has 2 amide bonds. The fraction of sp³-hybridized carbons (Fsp3) is 0.611. The van der Waals surface area contributed by atoms with Gasteiger partial charge in [-0.25, -0.2) is 9.18 Å². The van der Waals surface area contributed by atoms with Gasteiger partial charge in [0, 0.05) is 13.1 Å². The minimum Gasteiger partial charge on any atom is -0.376 e. The Kier molecular flexibility index (Phi) is 5.49. The predicted octanol–water partition coefficient (Wildman–Crippen LogP) is 3.64. The van der Waals surface area contributed by atoms with Crippen molar-refractivity contribution in [2.45, 2.75) is 51.0 Å². The van der Waals surface area contributed by atoms with E-state index < -0.39 is 0 Å². The zero-order valence-electron chi connectivity index (χ0n) is 13.5. The molecule has 23 heavy (non-hydrogen) atoms. The molecule has 1 aliphatic carbocycles. The number of anilines is 1. The maximum atomic E-state index is 13.4. The van der Waals surface area contributed by atoms with E-state index in [0.717, 1.165) is 24.8 Å². The lowest BCUT2D eigenvalue weighted by Gasteiger charge is -2.19. The van der Waals surface area contributed by atoms with Crippen molar-refractivity contribution in [2.75, 3.05) is 24.6 Å². The first-order valence-electron chi connectivity index (χ1n) is 8.69. The molecule has 0 radical (unpaired) electrons. The first-order chi connectivity index (χ1) is 11.2. The van der Waals surface area contributed by atoms with Gasteiger partial charge in [0.2, 0.25) is 0 Å². The number of fused-ring (bicyclic) bond motifs is 1. The molecule has 0 unspecified atom stereocenters. The van der Waals surface area contributed by atoms with E-state index in [0.29, 0.717) is 31.5 Å². The van der Waals surface area contributed by atoms with E-state index in [1.54, 1.807) is 11.0 Å². The predicted molar refractivity (Wildman–Crippen MR) is 88.3 cm³/mol. The van der Waals surface area contributed by atoms with Crippen LogP contribution in [0.25, 0.3) is 0 Å². The second-order valence-corrected chi connectivity index (χ2v) is 6.39. The smallest absolute Gasteiger partial charge is 0.321 e. The van der Waals surface area contributed by atoms with E-state index in [-0.39, 0.29) is 11.8 Å². The molecule has 2 aliphatic rings. The molecule has 126 valence electrons. The summed E-state index contributed by atoms with van der Waals surface area (Å²) < 4.78 is 19.2. The number of hydrogen-bond donors (Lipinski definition) is 1. The fourth-order valence-electron chi connectivity index (χ4n) is 3.45. The number of ether oxygens (including phenoxy) is 1. The van der Waals surface area contributed by atoms with Crippen LogP contribution < -0.4 is 10.2 Å². The Hall–Kier alpha value is -1.62. The van der Waals surface area contributed by atoms with E-state index in [9.17, 15) is 9.18 Å². The van der Waals surface area contributed by atoms with Crippen LogP contribution in [0.5, 0.6) is 0 Å². The van der Waals surface area contributed by atoms with Crippen molar-refractivity contribution in [1.29, 1.82) is 0 Å². The van der Waals surface area contributed by atoms with Crippen molar-refractivity contribution < 1.29 is 13.9 Å². The third-order valence-electron chi connectivity index (χ3n) is 4.72. The Labute approximate surface area is 137 Å². The van der Waals surface area contributed by atoms with Crippen molar-refractivity contribution in [3.63, 3.8) is 0 Å². The van der Waals surface area contributed by atoms with Gasteiger partial charge in [0.05, 0.1) is 18.4 Å². The first kappa shape index (κ1) is 16.2. The molecule has 0 saturated heterocycles. The van der Waals surface area contributed by atoms with Crippen LogP contribution in [0.2, 0.25) is 0 Å². The number of nitrogens with one attached hydrogen (secondary N) is 1. The van der Waals surface area contributed by atoms with Crippen LogP contribution >= 0.6 is 0 Å². The molecule has 0 atom stereocenters. The number of urea groups is 1. The summed E-state index contributed by atoms with van der Waals surface area (Å²) in [6, 6.07) is 4.47. The van der Waals surface area contributed by atoms with E-state index in [1.165, 1.54) is 37.8 Å². The van der Waals surface area contributed by atoms with Crippen molar-refractivity contribution in [2.24, 2.45) is 0 Å². The lowest BCUT2D eigenvalue weighted by Crippen LogP contribution is -2.40. The van der Waals surface area contributed by atoms with Gasteiger partial charge in [-0.15, -0.1) is 0 Å². The highest BCUT2D eigenvalue weighted by Crippen LogP contribution is 2.28. The fourth-order valence-corrected chi connectivity index (χ4v) is 3.45. The molecule has 5 heteroatoms. The minimum absolute atomic E-state index is 0.168. The van der Waals surface area contributed by atoms with Crippen LogP contribution in [0.15, 0.2) is 18.2 Å². The molecule has 1 aromatic carbocycles. The molecule has 1 fully saturated rings. The number of nitrogens with zero attached hydrogens (tertiary/aromatic N) is 1. The third-order valence-corrected chi connectivity index (χ3v) is 4.72. The summed E-state index contributed by atoms with van der Waals surface area (Å²) in [4.78, 5) is 13.9. The van der Waals surface area contributed by atoms with Gasteiger partial charge in [0.25, 0.3) is 0 Å². The molecule has 1 aromatic rings. The Balaban J connectivity index is 1.43. The van der Waals surface area contributed by atoms with E-state index in [2.05, 4.69) is 5.32 Å². The molecule has 1 N–H and O–H groups in total. The van der Waals surface area contributed by atoms with Crippen LogP contribution in [0, 0.1) is 5.82 Å². The van der Waals surface area contributed by atoms with E-state index in [1.807, 2.05) is 0 Å². The topological polar surface area (TPSA) is 41.6 Å². The summed E-state index contributed by atoms with van der Waals surface area (Å²) in [5.74, 6) is -0.305. The number of carbonyl (C=O) groups is 1. The molecule has 0 bridgehead atoms. The molecule has 0 spiro atoms. The van der Waals surface area contributed by atoms with Crippen molar-refractivity contribution >= 4 is 11.7 Å². The molecule has 1 saturated carbocycles.